The third kappa shape index (κ3) is 4.80. The van der Waals surface area contributed by atoms with Gasteiger partial charge in [-0.3, -0.25) is 9.59 Å². The average Bonchev–Trinajstić information content (AvgIpc) is 2.39. The number of benzene rings is 1. The van der Waals surface area contributed by atoms with Crippen LogP contribution in [-0.2, 0) is 16.0 Å². The van der Waals surface area contributed by atoms with Gasteiger partial charge in [0.05, 0.1) is 24.6 Å². The van der Waals surface area contributed by atoms with Gasteiger partial charge in [0.25, 0.3) is 0 Å². The van der Waals surface area contributed by atoms with E-state index in [1.54, 1.807) is 31.3 Å². The molecule has 1 aromatic carbocycles. The molecule has 1 aromatic rings. The van der Waals surface area contributed by atoms with Crippen LogP contribution in [0.4, 0.5) is 0 Å². The lowest BCUT2D eigenvalue weighted by atomic mass is 10.1. The zero-order chi connectivity index (χ0) is 14.3. The van der Waals surface area contributed by atoms with Crippen LogP contribution in [0.3, 0.4) is 0 Å². The first-order valence-electron chi connectivity index (χ1n) is 6.06. The summed E-state index contributed by atoms with van der Waals surface area (Å²) in [5, 5.41) is 11.3. The first kappa shape index (κ1) is 14.7. The van der Waals surface area contributed by atoms with Crippen molar-refractivity contribution in [1.82, 2.24) is 10.2 Å². The maximum absolute atomic E-state index is 11.9. The molecule has 0 radical (unpaired) electrons. The molecule has 0 aromatic heterocycles. The van der Waals surface area contributed by atoms with E-state index in [-0.39, 0.29) is 24.8 Å². The van der Waals surface area contributed by atoms with Crippen LogP contribution in [0.2, 0.25) is 0 Å². The topological polar surface area (TPSA) is 73.2 Å². The first-order valence-corrected chi connectivity index (χ1v) is 6.06. The Labute approximate surface area is 112 Å². The Balaban J connectivity index is 2.53. The molecule has 0 saturated carbocycles. The minimum atomic E-state index is -0.168. The number of rotatable bonds is 5. The van der Waals surface area contributed by atoms with Crippen molar-refractivity contribution in [3.05, 3.63) is 35.4 Å². The number of likely N-dealkylation sites (N-methyl/N-ethyl adjacent to an activating group) is 2. The van der Waals surface area contributed by atoms with Gasteiger partial charge in [-0.1, -0.05) is 12.1 Å². The average molecular weight is 259 g/mol. The largest absolute Gasteiger partial charge is 0.355 e. The van der Waals surface area contributed by atoms with Crippen molar-refractivity contribution in [2.45, 2.75) is 13.3 Å². The van der Waals surface area contributed by atoms with Crippen LogP contribution >= 0.6 is 0 Å². The van der Waals surface area contributed by atoms with Gasteiger partial charge in [0, 0.05) is 13.6 Å². The van der Waals surface area contributed by atoms with E-state index in [2.05, 4.69) is 5.32 Å². The molecule has 0 heterocycles. The third-order valence-corrected chi connectivity index (χ3v) is 2.62. The second kappa shape index (κ2) is 7.17. The zero-order valence-corrected chi connectivity index (χ0v) is 11.1. The number of hydrogen-bond acceptors (Lipinski definition) is 3. The molecule has 0 aliphatic rings. The molecular formula is C14H17N3O2. The van der Waals surface area contributed by atoms with E-state index in [1.807, 2.05) is 13.0 Å². The summed E-state index contributed by atoms with van der Waals surface area (Å²) in [6, 6.07) is 8.86. The number of nitrogens with zero attached hydrogens (tertiary/aromatic N) is 2. The van der Waals surface area contributed by atoms with Crippen molar-refractivity contribution in [3.8, 4) is 6.07 Å². The highest BCUT2D eigenvalue weighted by molar-refractivity contribution is 5.85. The number of hydrogen-bond donors (Lipinski definition) is 1. The van der Waals surface area contributed by atoms with Crippen molar-refractivity contribution in [1.29, 1.82) is 5.26 Å². The molecule has 5 heteroatoms. The molecule has 0 saturated heterocycles. The summed E-state index contributed by atoms with van der Waals surface area (Å²) in [4.78, 5) is 24.6. The highest BCUT2D eigenvalue weighted by Gasteiger charge is 2.12. The number of nitrogens with one attached hydrogen (secondary N) is 1. The van der Waals surface area contributed by atoms with Crippen LogP contribution in [0.25, 0.3) is 0 Å². The van der Waals surface area contributed by atoms with Crippen molar-refractivity contribution in [2.75, 3.05) is 20.1 Å². The molecule has 1 rings (SSSR count). The van der Waals surface area contributed by atoms with Crippen LogP contribution in [0.15, 0.2) is 24.3 Å². The van der Waals surface area contributed by atoms with Gasteiger partial charge in [0.2, 0.25) is 11.8 Å². The van der Waals surface area contributed by atoms with Gasteiger partial charge in [-0.15, -0.1) is 0 Å². The van der Waals surface area contributed by atoms with Crippen LogP contribution in [0.1, 0.15) is 18.1 Å². The van der Waals surface area contributed by atoms with Crippen molar-refractivity contribution < 1.29 is 9.59 Å². The number of nitriles is 1. The van der Waals surface area contributed by atoms with E-state index in [0.717, 1.165) is 5.56 Å². The van der Waals surface area contributed by atoms with E-state index in [0.29, 0.717) is 12.1 Å². The Bertz CT molecular complexity index is 488. The summed E-state index contributed by atoms with van der Waals surface area (Å²) in [5.74, 6) is -0.297. The predicted octanol–water partition coefficient (Wildman–Crippen LogP) is 0.695. The van der Waals surface area contributed by atoms with Crippen LogP contribution in [0.5, 0.6) is 0 Å². The fourth-order valence-electron chi connectivity index (χ4n) is 1.56. The number of carbonyl (C=O) groups excluding carboxylic acids is 2. The Morgan fingerprint density at radius 3 is 2.47 bits per heavy atom. The fourth-order valence-corrected chi connectivity index (χ4v) is 1.56. The molecule has 2 amide bonds. The lowest BCUT2D eigenvalue weighted by molar-refractivity contribution is -0.134. The highest BCUT2D eigenvalue weighted by atomic mass is 16.2. The third-order valence-electron chi connectivity index (χ3n) is 2.62. The van der Waals surface area contributed by atoms with Gasteiger partial charge in [0.15, 0.2) is 0 Å². The van der Waals surface area contributed by atoms with Gasteiger partial charge < -0.3 is 10.2 Å². The Morgan fingerprint density at radius 2 is 1.95 bits per heavy atom. The molecule has 0 atom stereocenters. The van der Waals surface area contributed by atoms with Gasteiger partial charge >= 0.3 is 0 Å². The summed E-state index contributed by atoms with van der Waals surface area (Å²) < 4.78 is 0. The highest BCUT2D eigenvalue weighted by Crippen LogP contribution is 2.05. The van der Waals surface area contributed by atoms with Crippen molar-refractivity contribution in [2.24, 2.45) is 0 Å². The minimum absolute atomic E-state index is 0.0585. The second-order valence-corrected chi connectivity index (χ2v) is 4.19. The van der Waals surface area contributed by atoms with E-state index >= 15 is 0 Å². The van der Waals surface area contributed by atoms with Gasteiger partial charge in [-0.2, -0.15) is 5.26 Å². The molecule has 0 bridgehead atoms. The summed E-state index contributed by atoms with van der Waals surface area (Å²) >= 11 is 0. The van der Waals surface area contributed by atoms with Gasteiger partial charge in [-0.05, 0) is 24.6 Å². The fraction of sp³-hybridized carbons (Fsp3) is 0.357. The molecule has 19 heavy (non-hydrogen) atoms. The smallest absolute Gasteiger partial charge is 0.239 e. The first-order chi connectivity index (χ1) is 9.06. The van der Waals surface area contributed by atoms with E-state index < -0.39 is 0 Å². The molecule has 100 valence electrons. The Morgan fingerprint density at radius 1 is 1.32 bits per heavy atom. The maximum atomic E-state index is 11.9. The monoisotopic (exact) mass is 259 g/mol. The summed E-state index contributed by atoms with van der Waals surface area (Å²) in [6.07, 6.45) is 0.224. The maximum Gasteiger partial charge on any atom is 0.239 e. The van der Waals surface area contributed by atoms with Gasteiger partial charge in [0.1, 0.15) is 0 Å². The lowest BCUT2D eigenvalue weighted by Crippen LogP contribution is -2.38. The SMILES string of the molecule is CCNC(=O)CN(C)C(=O)Cc1ccc(C#N)cc1. The number of carbonyl (C=O) groups is 2. The van der Waals surface area contributed by atoms with Gasteiger partial charge in [-0.25, -0.2) is 0 Å². The molecule has 0 aliphatic heterocycles. The molecule has 0 spiro atoms. The molecule has 5 nitrogen and oxygen atoms in total. The van der Waals surface area contributed by atoms with Crippen LogP contribution in [-0.4, -0.2) is 36.9 Å². The Kier molecular flexibility index (Phi) is 5.55. The Hall–Kier alpha value is -2.35. The molecule has 0 unspecified atom stereocenters. The molecular weight excluding hydrogens is 242 g/mol. The summed E-state index contributed by atoms with van der Waals surface area (Å²) in [7, 11) is 1.60. The van der Waals surface area contributed by atoms with Crippen molar-refractivity contribution >= 4 is 11.8 Å². The quantitative estimate of drug-likeness (QED) is 0.845. The molecule has 0 aliphatic carbocycles. The molecule has 0 fully saturated rings. The van der Waals surface area contributed by atoms with E-state index in [9.17, 15) is 9.59 Å². The van der Waals surface area contributed by atoms with Crippen LogP contribution in [0, 0.1) is 11.3 Å². The lowest BCUT2D eigenvalue weighted by Gasteiger charge is -2.16. The zero-order valence-electron chi connectivity index (χ0n) is 11.1. The summed E-state index contributed by atoms with van der Waals surface area (Å²) in [6.45, 7) is 2.44. The minimum Gasteiger partial charge on any atom is -0.355 e. The predicted molar refractivity (Wildman–Crippen MR) is 71.2 cm³/mol. The van der Waals surface area contributed by atoms with E-state index in [4.69, 9.17) is 5.26 Å². The normalized spacial score (nSPS) is 9.53. The van der Waals surface area contributed by atoms with Crippen LogP contribution < -0.4 is 5.32 Å². The summed E-state index contributed by atoms with van der Waals surface area (Å²) in [5.41, 5.74) is 1.39. The second-order valence-electron chi connectivity index (χ2n) is 4.19. The standard InChI is InChI=1S/C14H17N3O2/c1-3-16-13(18)10-17(2)14(19)8-11-4-6-12(9-15)7-5-11/h4-7H,3,8,10H2,1-2H3,(H,16,18). The number of amides is 2. The molecule has 1 N–H and O–H groups in total. The van der Waals surface area contributed by atoms with Crippen molar-refractivity contribution in [3.63, 3.8) is 0 Å². The van der Waals surface area contributed by atoms with E-state index in [1.165, 1.54) is 4.90 Å².